The van der Waals surface area contributed by atoms with Crippen LogP contribution in [0.1, 0.15) is 32.6 Å². The molecule has 0 radical (unpaired) electrons. The Bertz CT molecular complexity index is 1110. The minimum absolute atomic E-state index is 0.119. The molecule has 1 aromatic heterocycles. The number of carbonyl (C=O) groups is 1. The molecule has 0 spiro atoms. The summed E-state index contributed by atoms with van der Waals surface area (Å²) in [7, 11) is -2.28. The Kier molecular flexibility index (Phi) is 6.14. The maximum Gasteiger partial charge on any atom is 0.251 e. The van der Waals surface area contributed by atoms with E-state index in [1.54, 1.807) is 26.1 Å². The molecular formula is C21H24N4O3S. The Morgan fingerprint density at radius 1 is 1.10 bits per heavy atom. The Morgan fingerprint density at radius 3 is 2.41 bits per heavy atom. The van der Waals surface area contributed by atoms with E-state index < -0.39 is 10.0 Å². The van der Waals surface area contributed by atoms with Gasteiger partial charge < -0.3 is 5.32 Å². The fourth-order valence-electron chi connectivity index (χ4n) is 2.98. The van der Waals surface area contributed by atoms with Gasteiger partial charge >= 0.3 is 0 Å². The van der Waals surface area contributed by atoms with Crippen LogP contribution in [0.2, 0.25) is 0 Å². The van der Waals surface area contributed by atoms with Crippen molar-refractivity contribution in [1.82, 2.24) is 19.8 Å². The number of benzene rings is 2. The molecule has 0 atom stereocenters. The van der Waals surface area contributed by atoms with Crippen LogP contribution in [0.5, 0.6) is 0 Å². The topological polar surface area (TPSA) is 93.1 Å². The van der Waals surface area contributed by atoms with E-state index in [0.717, 1.165) is 16.7 Å². The van der Waals surface area contributed by atoms with Crippen molar-refractivity contribution in [3.63, 3.8) is 0 Å². The number of amides is 1. The smallest absolute Gasteiger partial charge is 0.251 e. The molecular weight excluding hydrogens is 388 g/mol. The highest BCUT2D eigenvalue weighted by Gasteiger charge is 2.19. The molecule has 0 saturated heterocycles. The Labute approximate surface area is 170 Å². The summed E-state index contributed by atoms with van der Waals surface area (Å²) in [4.78, 5) is 12.7. The molecule has 8 heteroatoms. The fourth-order valence-corrected chi connectivity index (χ4v) is 4.04. The van der Waals surface area contributed by atoms with Crippen molar-refractivity contribution in [2.45, 2.75) is 31.8 Å². The molecule has 0 aliphatic rings. The minimum Gasteiger partial charge on any atom is -0.348 e. The summed E-state index contributed by atoms with van der Waals surface area (Å²) in [6, 6.07) is 12.9. The molecule has 0 unspecified atom stereocenters. The maximum atomic E-state index is 12.6. The van der Waals surface area contributed by atoms with E-state index in [2.05, 4.69) is 15.1 Å². The Hall–Kier alpha value is -2.97. The molecule has 0 bridgehead atoms. The molecule has 0 fully saturated rings. The summed E-state index contributed by atoms with van der Waals surface area (Å²) >= 11 is 0. The number of carbonyl (C=O) groups excluding carboxylic acids is 1. The van der Waals surface area contributed by atoms with Crippen molar-refractivity contribution < 1.29 is 13.2 Å². The number of aromatic nitrogens is 2. The van der Waals surface area contributed by atoms with E-state index in [-0.39, 0.29) is 10.8 Å². The van der Waals surface area contributed by atoms with Gasteiger partial charge in [0, 0.05) is 24.5 Å². The molecule has 1 amide bonds. The molecule has 152 valence electrons. The first-order valence-electron chi connectivity index (χ1n) is 9.18. The lowest BCUT2D eigenvalue weighted by Gasteiger charge is -2.13. The van der Waals surface area contributed by atoms with Crippen LogP contribution in [-0.2, 0) is 23.1 Å². The van der Waals surface area contributed by atoms with Gasteiger partial charge in [-0.25, -0.2) is 13.1 Å². The van der Waals surface area contributed by atoms with Crippen LogP contribution in [0.4, 0.5) is 0 Å². The van der Waals surface area contributed by atoms with E-state index in [1.807, 2.05) is 41.2 Å². The third-order valence-electron chi connectivity index (χ3n) is 4.82. The van der Waals surface area contributed by atoms with Gasteiger partial charge in [0.2, 0.25) is 10.0 Å². The van der Waals surface area contributed by atoms with Crippen LogP contribution in [-0.4, -0.2) is 31.2 Å². The number of aryl methyl sites for hydroxylation is 1. The molecule has 29 heavy (non-hydrogen) atoms. The number of sulfonamides is 1. The third-order valence-corrected chi connectivity index (χ3v) is 6.36. The first kappa shape index (κ1) is 20.8. The van der Waals surface area contributed by atoms with E-state index in [0.29, 0.717) is 24.2 Å². The van der Waals surface area contributed by atoms with Gasteiger partial charge in [-0.3, -0.25) is 9.48 Å². The number of nitrogens with zero attached hydrogens (tertiary/aromatic N) is 2. The van der Waals surface area contributed by atoms with Crippen LogP contribution in [0.15, 0.2) is 59.8 Å². The highest BCUT2D eigenvalue weighted by atomic mass is 32.2. The summed E-state index contributed by atoms with van der Waals surface area (Å²) in [5.41, 5.74) is 3.75. The third kappa shape index (κ3) is 4.90. The second-order valence-electron chi connectivity index (χ2n) is 6.83. The van der Waals surface area contributed by atoms with Crippen molar-refractivity contribution in [2.24, 2.45) is 0 Å². The molecule has 0 aliphatic carbocycles. The second-order valence-corrected chi connectivity index (χ2v) is 8.68. The van der Waals surface area contributed by atoms with Crippen molar-refractivity contribution in [1.29, 1.82) is 0 Å². The SMILES string of the molecule is CNS(=O)(=O)c1cc(C(=O)NCc2ccc(Cn3cccn3)cc2)cc(C)c1C. The van der Waals surface area contributed by atoms with Crippen molar-refractivity contribution >= 4 is 15.9 Å². The monoisotopic (exact) mass is 412 g/mol. The Morgan fingerprint density at radius 2 is 1.79 bits per heavy atom. The summed E-state index contributed by atoms with van der Waals surface area (Å²) < 4.78 is 28.6. The number of rotatable bonds is 7. The minimum atomic E-state index is -3.64. The van der Waals surface area contributed by atoms with Gasteiger partial charge in [0.15, 0.2) is 0 Å². The van der Waals surface area contributed by atoms with E-state index in [4.69, 9.17) is 0 Å². The Balaban J connectivity index is 1.69. The summed E-state index contributed by atoms with van der Waals surface area (Å²) in [6.45, 7) is 4.55. The van der Waals surface area contributed by atoms with Crippen molar-refractivity contribution in [3.05, 3.63) is 82.7 Å². The van der Waals surface area contributed by atoms with Crippen LogP contribution >= 0.6 is 0 Å². The number of nitrogens with one attached hydrogen (secondary N) is 2. The predicted octanol–water partition coefficient (Wildman–Crippen LogP) is 2.39. The lowest BCUT2D eigenvalue weighted by Crippen LogP contribution is -2.25. The normalized spacial score (nSPS) is 11.4. The van der Waals surface area contributed by atoms with Crippen LogP contribution < -0.4 is 10.0 Å². The molecule has 3 aromatic rings. The van der Waals surface area contributed by atoms with E-state index in [1.165, 1.54) is 13.1 Å². The van der Waals surface area contributed by atoms with Crippen LogP contribution in [0, 0.1) is 13.8 Å². The molecule has 3 rings (SSSR count). The van der Waals surface area contributed by atoms with Crippen molar-refractivity contribution in [2.75, 3.05) is 7.05 Å². The highest BCUT2D eigenvalue weighted by Crippen LogP contribution is 2.21. The standard InChI is InChI=1S/C21H24N4O3S/c1-15-11-19(12-20(16(15)2)29(27,28)22-3)21(26)23-13-17-5-7-18(8-6-17)14-25-10-4-9-24-25/h4-12,22H,13-14H2,1-3H3,(H,23,26). The first-order chi connectivity index (χ1) is 13.8. The zero-order chi connectivity index (χ0) is 21.0. The van der Waals surface area contributed by atoms with Gasteiger partial charge in [-0.1, -0.05) is 24.3 Å². The lowest BCUT2D eigenvalue weighted by molar-refractivity contribution is 0.0950. The average Bonchev–Trinajstić information content (AvgIpc) is 3.22. The lowest BCUT2D eigenvalue weighted by atomic mass is 10.1. The zero-order valence-corrected chi connectivity index (χ0v) is 17.5. The highest BCUT2D eigenvalue weighted by molar-refractivity contribution is 7.89. The van der Waals surface area contributed by atoms with Gasteiger partial charge in [-0.15, -0.1) is 0 Å². The first-order valence-corrected chi connectivity index (χ1v) is 10.7. The summed E-state index contributed by atoms with van der Waals surface area (Å²) in [6.07, 6.45) is 3.64. The fraction of sp³-hybridized carbons (Fsp3) is 0.238. The molecule has 1 heterocycles. The predicted molar refractivity (Wildman–Crippen MR) is 111 cm³/mol. The van der Waals surface area contributed by atoms with Crippen LogP contribution in [0.3, 0.4) is 0 Å². The van der Waals surface area contributed by atoms with Crippen molar-refractivity contribution in [3.8, 4) is 0 Å². The zero-order valence-electron chi connectivity index (χ0n) is 16.6. The summed E-state index contributed by atoms with van der Waals surface area (Å²) in [5, 5.41) is 7.04. The summed E-state index contributed by atoms with van der Waals surface area (Å²) in [5.74, 6) is -0.318. The molecule has 0 saturated carbocycles. The molecule has 7 nitrogen and oxygen atoms in total. The molecule has 2 N–H and O–H groups in total. The maximum absolute atomic E-state index is 12.6. The average molecular weight is 413 g/mol. The second kappa shape index (κ2) is 8.59. The number of hydrogen-bond donors (Lipinski definition) is 2. The van der Waals surface area contributed by atoms with Gasteiger partial charge in [-0.05, 0) is 61.3 Å². The molecule has 2 aromatic carbocycles. The largest absolute Gasteiger partial charge is 0.348 e. The van der Waals surface area contributed by atoms with Gasteiger partial charge in [0.05, 0.1) is 11.4 Å². The van der Waals surface area contributed by atoms with Gasteiger partial charge in [-0.2, -0.15) is 5.10 Å². The van der Waals surface area contributed by atoms with E-state index in [9.17, 15) is 13.2 Å². The van der Waals surface area contributed by atoms with Gasteiger partial charge in [0.1, 0.15) is 0 Å². The van der Waals surface area contributed by atoms with Gasteiger partial charge in [0.25, 0.3) is 5.91 Å². The van der Waals surface area contributed by atoms with Crippen LogP contribution in [0.25, 0.3) is 0 Å². The molecule has 0 aliphatic heterocycles. The van der Waals surface area contributed by atoms with E-state index >= 15 is 0 Å². The number of hydrogen-bond acceptors (Lipinski definition) is 4. The quantitative estimate of drug-likeness (QED) is 0.623.